The first-order valence-corrected chi connectivity index (χ1v) is 6.83. The molecule has 1 atom stereocenters. The second-order valence-electron chi connectivity index (χ2n) is 4.82. The third-order valence-electron chi connectivity index (χ3n) is 3.16. The van der Waals surface area contributed by atoms with Crippen molar-refractivity contribution in [2.24, 2.45) is 0 Å². The van der Waals surface area contributed by atoms with Crippen LogP contribution in [0.15, 0.2) is 23.0 Å². The van der Waals surface area contributed by atoms with Crippen LogP contribution in [0.1, 0.15) is 35.6 Å². The summed E-state index contributed by atoms with van der Waals surface area (Å²) in [4.78, 5) is 19.0. The summed E-state index contributed by atoms with van der Waals surface area (Å²) in [5.74, 6) is 0.581. The van der Waals surface area contributed by atoms with Crippen LogP contribution >= 0.6 is 11.6 Å². The van der Waals surface area contributed by atoms with Gasteiger partial charge in [0, 0.05) is 0 Å². The Morgan fingerprint density at radius 1 is 1.43 bits per heavy atom. The molecule has 1 aromatic heterocycles. The zero-order valence-corrected chi connectivity index (χ0v) is 12.7. The van der Waals surface area contributed by atoms with Crippen molar-refractivity contribution in [3.05, 3.63) is 56.2 Å². The standard InChI is InChI=1S/C15H15ClN4O/c1-8-14(15(21)20-10(3)18-8)9(2)19-13-6-11(7-17)4-5-12(13)16/h4-6,9,19H,1-3H3,(H,18,20,21). The van der Waals surface area contributed by atoms with Crippen molar-refractivity contribution in [3.8, 4) is 6.07 Å². The quantitative estimate of drug-likeness (QED) is 0.913. The summed E-state index contributed by atoms with van der Waals surface area (Å²) in [6.07, 6.45) is 0. The summed E-state index contributed by atoms with van der Waals surface area (Å²) in [5, 5.41) is 12.6. The highest BCUT2D eigenvalue weighted by Crippen LogP contribution is 2.26. The first-order chi connectivity index (χ1) is 9.92. The maximum absolute atomic E-state index is 12.1. The summed E-state index contributed by atoms with van der Waals surface area (Å²) >= 11 is 6.12. The molecule has 0 saturated heterocycles. The third kappa shape index (κ3) is 3.23. The Morgan fingerprint density at radius 3 is 2.76 bits per heavy atom. The fourth-order valence-electron chi connectivity index (χ4n) is 2.26. The monoisotopic (exact) mass is 302 g/mol. The highest BCUT2D eigenvalue weighted by atomic mass is 35.5. The smallest absolute Gasteiger partial charge is 0.256 e. The van der Waals surface area contributed by atoms with Crippen LogP contribution in [-0.2, 0) is 0 Å². The van der Waals surface area contributed by atoms with Crippen LogP contribution in [-0.4, -0.2) is 9.97 Å². The van der Waals surface area contributed by atoms with Gasteiger partial charge in [-0.15, -0.1) is 0 Å². The lowest BCUT2D eigenvalue weighted by molar-refractivity contribution is 0.814. The zero-order chi connectivity index (χ0) is 15.6. The number of benzene rings is 1. The third-order valence-corrected chi connectivity index (χ3v) is 3.49. The van der Waals surface area contributed by atoms with Gasteiger partial charge in [-0.25, -0.2) is 4.98 Å². The number of anilines is 1. The van der Waals surface area contributed by atoms with Gasteiger partial charge in [0.15, 0.2) is 0 Å². The largest absolute Gasteiger partial charge is 0.377 e. The number of aromatic nitrogens is 2. The second-order valence-corrected chi connectivity index (χ2v) is 5.23. The first kappa shape index (κ1) is 15.1. The predicted octanol–water partition coefficient (Wildman–Crippen LogP) is 3.08. The highest BCUT2D eigenvalue weighted by Gasteiger charge is 2.15. The van der Waals surface area contributed by atoms with E-state index in [1.807, 2.05) is 6.92 Å². The molecule has 0 bridgehead atoms. The molecule has 0 aliphatic rings. The summed E-state index contributed by atoms with van der Waals surface area (Å²) in [6, 6.07) is 6.73. The molecule has 2 aromatic rings. The Labute approximate surface area is 127 Å². The molecule has 6 heteroatoms. The zero-order valence-electron chi connectivity index (χ0n) is 12.0. The van der Waals surface area contributed by atoms with Crippen LogP contribution in [0.5, 0.6) is 0 Å². The van der Waals surface area contributed by atoms with E-state index in [9.17, 15) is 4.79 Å². The topological polar surface area (TPSA) is 81.6 Å². The van der Waals surface area contributed by atoms with Gasteiger partial charge in [-0.2, -0.15) is 5.26 Å². The first-order valence-electron chi connectivity index (χ1n) is 6.46. The van der Waals surface area contributed by atoms with Crippen molar-refractivity contribution in [3.63, 3.8) is 0 Å². The minimum Gasteiger partial charge on any atom is -0.377 e. The molecule has 0 aliphatic heterocycles. The lowest BCUT2D eigenvalue weighted by Gasteiger charge is -2.17. The number of nitrogens with zero attached hydrogens (tertiary/aromatic N) is 2. The summed E-state index contributed by atoms with van der Waals surface area (Å²) in [7, 11) is 0. The Morgan fingerprint density at radius 2 is 2.14 bits per heavy atom. The van der Waals surface area contributed by atoms with Crippen LogP contribution in [0.2, 0.25) is 5.02 Å². The second kappa shape index (κ2) is 5.98. The maximum Gasteiger partial charge on any atom is 0.256 e. The van der Waals surface area contributed by atoms with Gasteiger partial charge in [-0.05, 0) is 39.0 Å². The maximum atomic E-state index is 12.1. The molecule has 1 aromatic carbocycles. The molecular formula is C15H15ClN4O. The van der Waals surface area contributed by atoms with E-state index in [4.69, 9.17) is 16.9 Å². The molecular weight excluding hydrogens is 288 g/mol. The van der Waals surface area contributed by atoms with Gasteiger partial charge >= 0.3 is 0 Å². The van der Waals surface area contributed by atoms with Crippen LogP contribution < -0.4 is 10.9 Å². The molecule has 108 valence electrons. The van der Waals surface area contributed by atoms with Crippen molar-refractivity contribution in [2.75, 3.05) is 5.32 Å². The van der Waals surface area contributed by atoms with Crippen molar-refractivity contribution >= 4 is 17.3 Å². The van der Waals surface area contributed by atoms with E-state index in [1.165, 1.54) is 0 Å². The van der Waals surface area contributed by atoms with Gasteiger partial charge in [-0.3, -0.25) is 4.79 Å². The molecule has 0 fully saturated rings. The van der Waals surface area contributed by atoms with E-state index in [0.717, 1.165) is 0 Å². The van der Waals surface area contributed by atoms with Crippen molar-refractivity contribution in [2.45, 2.75) is 26.8 Å². The Balaban J connectivity index is 2.37. The minimum atomic E-state index is -0.284. The number of halogens is 1. The van der Waals surface area contributed by atoms with Crippen LogP contribution in [0.25, 0.3) is 0 Å². The van der Waals surface area contributed by atoms with Crippen LogP contribution in [0.4, 0.5) is 5.69 Å². The number of aromatic amines is 1. The molecule has 1 heterocycles. The number of H-pyrrole nitrogens is 1. The lowest BCUT2D eigenvalue weighted by Crippen LogP contribution is -2.23. The molecule has 5 nitrogen and oxygen atoms in total. The Hall–Kier alpha value is -2.32. The average Bonchev–Trinajstić information content (AvgIpc) is 2.40. The molecule has 1 unspecified atom stereocenters. The fourth-order valence-corrected chi connectivity index (χ4v) is 2.43. The molecule has 0 spiro atoms. The molecule has 0 aliphatic carbocycles. The molecule has 0 amide bonds. The van der Waals surface area contributed by atoms with Gasteiger partial charge in [0.05, 0.1) is 39.6 Å². The number of hydrogen-bond donors (Lipinski definition) is 2. The minimum absolute atomic E-state index is 0.174. The van der Waals surface area contributed by atoms with E-state index in [-0.39, 0.29) is 11.6 Å². The molecule has 2 N–H and O–H groups in total. The molecule has 0 saturated carbocycles. The highest BCUT2D eigenvalue weighted by molar-refractivity contribution is 6.33. The van der Waals surface area contributed by atoms with Gasteiger partial charge in [0.2, 0.25) is 0 Å². The predicted molar refractivity (Wildman–Crippen MR) is 82.5 cm³/mol. The number of nitrogens with one attached hydrogen (secondary N) is 2. The molecule has 0 radical (unpaired) electrons. The van der Waals surface area contributed by atoms with E-state index in [1.54, 1.807) is 32.0 Å². The normalized spacial score (nSPS) is 11.8. The van der Waals surface area contributed by atoms with Crippen molar-refractivity contribution in [1.82, 2.24) is 9.97 Å². The van der Waals surface area contributed by atoms with Gasteiger partial charge in [0.25, 0.3) is 5.56 Å². The number of hydrogen-bond acceptors (Lipinski definition) is 4. The van der Waals surface area contributed by atoms with Crippen LogP contribution in [0.3, 0.4) is 0 Å². The van der Waals surface area contributed by atoms with E-state index >= 15 is 0 Å². The Bertz CT molecular complexity index is 776. The van der Waals surface area contributed by atoms with Crippen LogP contribution in [0, 0.1) is 25.2 Å². The average molecular weight is 303 g/mol. The van der Waals surface area contributed by atoms with E-state index in [2.05, 4.69) is 21.4 Å². The van der Waals surface area contributed by atoms with Gasteiger partial charge < -0.3 is 10.3 Å². The van der Waals surface area contributed by atoms with Crippen molar-refractivity contribution in [1.29, 1.82) is 5.26 Å². The lowest BCUT2D eigenvalue weighted by atomic mass is 10.1. The van der Waals surface area contributed by atoms with Gasteiger partial charge in [0.1, 0.15) is 5.82 Å². The molecule has 21 heavy (non-hydrogen) atoms. The summed E-state index contributed by atoms with van der Waals surface area (Å²) in [6.45, 7) is 5.39. The van der Waals surface area contributed by atoms with Crippen molar-refractivity contribution < 1.29 is 0 Å². The number of aryl methyl sites for hydroxylation is 2. The summed E-state index contributed by atoms with van der Waals surface area (Å²) in [5.41, 5.74) is 2.17. The van der Waals surface area contributed by atoms with E-state index < -0.39 is 0 Å². The SMILES string of the molecule is Cc1nc(C)c(C(C)Nc2cc(C#N)ccc2Cl)c(=O)[nH]1. The molecule has 2 rings (SSSR count). The Kier molecular flexibility index (Phi) is 4.29. The summed E-state index contributed by atoms with van der Waals surface area (Å²) < 4.78 is 0. The van der Waals surface area contributed by atoms with Gasteiger partial charge in [-0.1, -0.05) is 11.6 Å². The van der Waals surface area contributed by atoms with E-state index in [0.29, 0.717) is 33.4 Å². The number of nitriles is 1. The fraction of sp³-hybridized carbons (Fsp3) is 0.267. The number of rotatable bonds is 3.